The van der Waals surface area contributed by atoms with E-state index in [2.05, 4.69) is 10.2 Å². The van der Waals surface area contributed by atoms with E-state index < -0.39 is 3.79 Å². The lowest BCUT2D eigenvalue weighted by Crippen LogP contribution is -1.99. The smallest absolute Gasteiger partial charge is 0.268 e. The summed E-state index contributed by atoms with van der Waals surface area (Å²) in [7, 11) is 1.65. The zero-order valence-electron chi connectivity index (χ0n) is 12.0. The van der Waals surface area contributed by atoms with Crippen molar-refractivity contribution in [1.29, 1.82) is 0 Å². The van der Waals surface area contributed by atoms with E-state index in [9.17, 15) is 0 Å². The normalized spacial score (nSPS) is 12.2. The minimum absolute atomic E-state index is 0.0678. The van der Waals surface area contributed by atoms with Gasteiger partial charge in [-0.25, -0.2) is 0 Å². The minimum Gasteiger partial charge on any atom is -0.496 e. The van der Waals surface area contributed by atoms with Crippen LogP contribution in [-0.2, 0) is 3.79 Å². The molecule has 0 aliphatic carbocycles. The van der Waals surface area contributed by atoms with Gasteiger partial charge >= 0.3 is 0 Å². The van der Waals surface area contributed by atoms with Crippen molar-refractivity contribution in [2.24, 2.45) is 0 Å². The molecule has 0 aliphatic rings. The second-order valence-electron chi connectivity index (χ2n) is 4.68. The average Bonchev–Trinajstić information content (AvgIpc) is 3.01. The summed E-state index contributed by atoms with van der Waals surface area (Å²) in [5.41, 5.74) is 0.982. The molecule has 3 aromatic rings. The topological polar surface area (TPSA) is 48.2 Å². The van der Waals surface area contributed by atoms with Crippen LogP contribution in [0.3, 0.4) is 0 Å². The molecule has 0 aliphatic heterocycles. The fraction of sp³-hybridized carbons (Fsp3) is 0.125. The summed E-state index contributed by atoms with van der Waals surface area (Å²) in [4.78, 5) is 0. The first kappa shape index (κ1) is 16.1. The molecule has 0 amide bonds. The van der Waals surface area contributed by atoms with Crippen LogP contribution in [0, 0.1) is 0 Å². The van der Waals surface area contributed by atoms with Gasteiger partial charge in [0.1, 0.15) is 5.75 Å². The number of benzene rings is 2. The number of rotatable bonds is 3. The third kappa shape index (κ3) is 3.44. The van der Waals surface area contributed by atoms with Gasteiger partial charge in [0, 0.05) is 11.5 Å². The summed E-state index contributed by atoms with van der Waals surface area (Å²) >= 11 is 17.1. The van der Waals surface area contributed by atoms with E-state index in [0.717, 1.165) is 22.1 Å². The number of nitrogens with zero attached hydrogens (tertiary/aromatic N) is 2. The monoisotopic (exact) mass is 368 g/mol. The molecule has 1 aromatic heterocycles. The lowest BCUT2D eigenvalue weighted by atomic mass is 10.0. The predicted molar refractivity (Wildman–Crippen MR) is 93.0 cm³/mol. The van der Waals surface area contributed by atoms with Crippen LogP contribution in [0.25, 0.3) is 22.9 Å². The molecule has 0 unspecified atom stereocenters. The fourth-order valence-corrected chi connectivity index (χ4v) is 2.42. The first-order valence-corrected chi connectivity index (χ1v) is 7.77. The third-order valence-corrected chi connectivity index (χ3v) is 3.71. The quantitative estimate of drug-likeness (QED) is 0.593. The van der Waals surface area contributed by atoms with Gasteiger partial charge < -0.3 is 9.15 Å². The van der Waals surface area contributed by atoms with Gasteiger partial charge in [0.05, 0.1) is 7.11 Å². The Hall–Kier alpha value is -1.75. The van der Waals surface area contributed by atoms with Crippen LogP contribution in [0.4, 0.5) is 0 Å². The van der Waals surface area contributed by atoms with Gasteiger partial charge in [-0.15, -0.1) is 10.2 Å². The fourth-order valence-electron chi connectivity index (χ4n) is 2.20. The van der Waals surface area contributed by atoms with Gasteiger partial charge in [-0.05, 0) is 23.1 Å². The lowest BCUT2D eigenvalue weighted by molar-refractivity contribution is 0.420. The van der Waals surface area contributed by atoms with E-state index >= 15 is 0 Å². The number of fused-ring (bicyclic) bond motifs is 1. The van der Waals surface area contributed by atoms with Crippen molar-refractivity contribution in [3.05, 3.63) is 53.7 Å². The zero-order chi connectivity index (χ0) is 16.4. The standard InChI is InChI=1S/C16H11Cl3N2O2/c1-22-13-8-6-10(11-4-2-3-5-12(11)13)7-9-14-20-21-15(23-14)16(17,18)19/h2-9H,1H3. The van der Waals surface area contributed by atoms with Gasteiger partial charge in [-0.2, -0.15) is 0 Å². The van der Waals surface area contributed by atoms with Crippen LogP contribution in [0.15, 0.2) is 40.8 Å². The van der Waals surface area contributed by atoms with Crippen LogP contribution in [0.5, 0.6) is 5.75 Å². The Bertz CT molecular complexity index is 869. The van der Waals surface area contributed by atoms with E-state index in [1.54, 1.807) is 13.2 Å². The van der Waals surface area contributed by atoms with Crippen molar-refractivity contribution in [2.45, 2.75) is 3.79 Å². The molecule has 0 fully saturated rings. The van der Waals surface area contributed by atoms with Crippen molar-refractivity contribution < 1.29 is 9.15 Å². The Labute approximate surface area is 147 Å². The number of methoxy groups -OCH3 is 1. The Kier molecular flexibility index (Phi) is 4.48. The highest BCUT2D eigenvalue weighted by molar-refractivity contribution is 6.66. The first-order chi connectivity index (χ1) is 11.0. The molecular formula is C16H11Cl3N2O2. The summed E-state index contributed by atoms with van der Waals surface area (Å²) in [5, 5.41) is 9.60. The molecule has 0 saturated heterocycles. The van der Waals surface area contributed by atoms with Gasteiger partial charge in [0.25, 0.3) is 9.68 Å². The van der Waals surface area contributed by atoms with Crippen molar-refractivity contribution in [2.75, 3.05) is 7.11 Å². The van der Waals surface area contributed by atoms with E-state index in [-0.39, 0.29) is 11.8 Å². The van der Waals surface area contributed by atoms with Crippen LogP contribution >= 0.6 is 34.8 Å². The van der Waals surface area contributed by atoms with Crippen LogP contribution in [-0.4, -0.2) is 17.3 Å². The maximum atomic E-state index is 5.70. The zero-order valence-corrected chi connectivity index (χ0v) is 14.2. The average molecular weight is 370 g/mol. The second-order valence-corrected chi connectivity index (χ2v) is 6.96. The largest absolute Gasteiger partial charge is 0.496 e. The van der Waals surface area contributed by atoms with Gasteiger partial charge in [-0.1, -0.05) is 65.1 Å². The lowest BCUT2D eigenvalue weighted by Gasteiger charge is -2.07. The molecule has 0 saturated carbocycles. The highest BCUT2D eigenvalue weighted by Gasteiger charge is 2.29. The molecule has 0 atom stereocenters. The van der Waals surface area contributed by atoms with E-state index in [1.807, 2.05) is 42.5 Å². The number of alkyl halides is 3. The Morgan fingerprint density at radius 1 is 1.00 bits per heavy atom. The summed E-state index contributed by atoms with van der Waals surface area (Å²) in [6.45, 7) is 0. The van der Waals surface area contributed by atoms with Gasteiger partial charge in [-0.3, -0.25) is 0 Å². The Balaban J connectivity index is 1.97. The molecule has 4 nitrogen and oxygen atoms in total. The minimum atomic E-state index is -1.73. The Morgan fingerprint density at radius 2 is 1.74 bits per heavy atom. The summed E-state index contributed by atoms with van der Waals surface area (Å²) in [5.74, 6) is 1.00. The molecule has 0 bridgehead atoms. The molecule has 3 rings (SSSR count). The number of halogens is 3. The van der Waals surface area contributed by atoms with Crippen LogP contribution in [0.1, 0.15) is 17.3 Å². The second kappa shape index (κ2) is 6.40. The molecule has 0 N–H and O–H groups in total. The first-order valence-electron chi connectivity index (χ1n) is 6.63. The summed E-state index contributed by atoms with van der Waals surface area (Å²) in [6.07, 6.45) is 3.53. The van der Waals surface area contributed by atoms with E-state index in [4.69, 9.17) is 44.0 Å². The molecule has 23 heavy (non-hydrogen) atoms. The van der Waals surface area contributed by atoms with Gasteiger partial charge in [0.2, 0.25) is 5.89 Å². The molecular weight excluding hydrogens is 359 g/mol. The third-order valence-electron chi connectivity index (χ3n) is 3.23. The molecule has 0 radical (unpaired) electrons. The number of ether oxygens (including phenoxy) is 1. The molecule has 7 heteroatoms. The van der Waals surface area contributed by atoms with E-state index in [1.165, 1.54) is 0 Å². The predicted octanol–water partition coefficient (Wildman–Crippen LogP) is 5.23. The molecule has 118 valence electrons. The number of aromatic nitrogens is 2. The SMILES string of the molecule is COc1ccc(C=Cc2nnc(C(Cl)(Cl)Cl)o2)c2ccccc12. The number of hydrogen-bond donors (Lipinski definition) is 0. The molecule has 1 heterocycles. The highest BCUT2D eigenvalue weighted by atomic mass is 35.6. The van der Waals surface area contributed by atoms with Crippen LogP contribution in [0.2, 0.25) is 0 Å². The molecule has 0 spiro atoms. The maximum Gasteiger partial charge on any atom is 0.268 e. The Morgan fingerprint density at radius 3 is 2.39 bits per heavy atom. The highest BCUT2D eigenvalue weighted by Crippen LogP contribution is 2.37. The summed E-state index contributed by atoms with van der Waals surface area (Å²) < 4.78 is 8.94. The van der Waals surface area contributed by atoms with Crippen molar-refractivity contribution in [3.8, 4) is 5.75 Å². The van der Waals surface area contributed by atoms with E-state index in [0.29, 0.717) is 0 Å². The number of hydrogen-bond acceptors (Lipinski definition) is 4. The molecule has 2 aromatic carbocycles. The van der Waals surface area contributed by atoms with Gasteiger partial charge in [0.15, 0.2) is 0 Å². The van der Waals surface area contributed by atoms with Crippen molar-refractivity contribution in [3.63, 3.8) is 0 Å². The van der Waals surface area contributed by atoms with Crippen molar-refractivity contribution in [1.82, 2.24) is 10.2 Å². The van der Waals surface area contributed by atoms with Crippen molar-refractivity contribution >= 4 is 57.7 Å². The van der Waals surface area contributed by atoms with Crippen LogP contribution < -0.4 is 4.74 Å². The summed E-state index contributed by atoms with van der Waals surface area (Å²) in [6, 6.07) is 11.8. The maximum absolute atomic E-state index is 5.70.